The summed E-state index contributed by atoms with van der Waals surface area (Å²) in [6.07, 6.45) is 0.697. The molecule has 1 aromatic heterocycles. The zero-order valence-corrected chi connectivity index (χ0v) is 10.4. The highest BCUT2D eigenvalue weighted by Gasteiger charge is 2.07. The summed E-state index contributed by atoms with van der Waals surface area (Å²) in [6, 6.07) is 11.3. The molecule has 0 radical (unpaired) electrons. The van der Waals surface area contributed by atoms with E-state index in [1.165, 1.54) is 0 Å². The van der Waals surface area contributed by atoms with E-state index < -0.39 is 0 Å². The number of methoxy groups -OCH3 is 1. The van der Waals surface area contributed by atoms with E-state index in [1.807, 2.05) is 36.2 Å². The molecule has 0 saturated carbocycles. The van der Waals surface area contributed by atoms with Gasteiger partial charge in [0.05, 0.1) is 7.11 Å². The molecule has 0 aliphatic carbocycles. The Balaban J connectivity index is 2.10. The molecule has 18 heavy (non-hydrogen) atoms. The third-order valence-corrected chi connectivity index (χ3v) is 2.66. The molecule has 0 saturated heterocycles. The van der Waals surface area contributed by atoms with Gasteiger partial charge in [-0.25, -0.2) is 0 Å². The highest BCUT2D eigenvalue weighted by Crippen LogP contribution is 2.20. The van der Waals surface area contributed by atoms with E-state index in [1.54, 1.807) is 19.2 Å². The number of carbonyl (C=O) groups excluding carboxylic acids is 1. The fourth-order valence-corrected chi connectivity index (χ4v) is 1.73. The molecule has 94 valence electrons. The van der Waals surface area contributed by atoms with Gasteiger partial charge in [-0.05, 0) is 23.8 Å². The second kappa shape index (κ2) is 5.40. The van der Waals surface area contributed by atoms with Crippen molar-refractivity contribution in [3.63, 3.8) is 0 Å². The smallest absolute Gasteiger partial charge is 0.196 e. The van der Waals surface area contributed by atoms with Crippen LogP contribution in [-0.2, 0) is 6.54 Å². The van der Waals surface area contributed by atoms with Crippen LogP contribution in [0.25, 0.3) is 0 Å². The Morgan fingerprint density at radius 1 is 1.33 bits per heavy atom. The maximum atomic E-state index is 10.6. The van der Waals surface area contributed by atoms with Crippen molar-refractivity contribution in [3.05, 3.63) is 47.7 Å². The molecule has 4 heteroatoms. The van der Waals surface area contributed by atoms with Crippen LogP contribution in [0.5, 0.6) is 5.75 Å². The second-order valence-corrected chi connectivity index (χ2v) is 4.00. The average molecular weight is 245 g/mol. The van der Waals surface area contributed by atoms with Crippen LogP contribution in [0.2, 0.25) is 0 Å². The van der Waals surface area contributed by atoms with Crippen LogP contribution >= 0.6 is 0 Å². The predicted molar refractivity (Wildman–Crippen MR) is 69.2 cm³/mol. The van der Waals surface area contributed by atoms with Gasteiger partial charge in [-0.1, -0.05) is 12.1 Å². The molecular weight excluding hydrogens is 230 g/mol. The lowest BCUT2D eigenvalue weighted by Gasteiger charge is -2.16. The number of aldehydes is 1. The number of rotatable bonds is 5. The Morgan fingerprint density at radius 3 is 2.83 bits per heavy atom. The van der Waals surface area contributed by atoms with Crippen molar-refractivity contribution in [2.24, 2.45) is 0 Å². The Kier molecular flexibility index (Phi) is 3.67. The first-order valence-corrected chi connectivity index (χ1v) is 5.62. The van der Waals surface area contributed by atoms with Crippen LogP contribution in [0, 0.1) is 0 Å². The van der Waals surface area contributed by atoms with Gasteiger partial charge in [0, 0.05) is 19.7 Å². The van der Waals surface area contributed by atoms with Crippen molar-refractivity contribution in [3.8, 4) is 5.75 Å². The van der Waals surface area contributed by atoms with Crippen LogP contribution in [0.1, 0.15) is 16.1 Å². The van der Waals surface area contributed by atoms with E-state index in [9.17, 15) is 4.79 Å². The summed E-state index contributed by atoms with van der Waals surface area (Å²) in [5, 5.41) is 0. The van der Waals surface area contributed by atoms with Crippen LogP contribution in [-0.4, -0.2) is 20.4 Å². The quantitative estimate of drug-likeness (QED) is 0.760. The molecular formula is C14H15NO3. The monoisotopic (exact) mass is 245 g/mol. The van der Waals surface area contributed by atoms with Crippen molar-refractivity contribution in [2.45, 2.75) is 6.54 Å². The van der Waals surface area contributed by atoms with Gasteiger partial charge in [-0.2, -0.15) is 0 Å². The molecule has 0 atom stereocenters. The highest BCUT2D eigenvalue weighted by atomic mass is 16.5. The van der Waals surface area contributed by atoms with E-state index in [2.05, 4.69) is 0 Å². The zero-order valence-electron chi connectivity index (χ0n) is 10.4. The minimum Gasteiger partial charge on any atom is -0.497 e. The number of benzene rings is 1. The fourth-order valence-electron chi connectivity index (χ4n) is 1.73. The summed E-state index contributed by atoms with van der Waals surface area (Å²) < 4.78 is 10.5. The van der Waals surface area contributed by atoms with Gasteiger partial charge in [0.2, 0.25) is 0 Å². The Morgan fingerprint density at radius 2 is 2.17 bits per heavy atom. The van der Waals surface area contributed by atoms with Crippen LogP contribution < -0.4 is 9.64 Å². The number of ether oxygens (including phenoxy) is 1. The number of carbonyl (C=O) groups is 1. The molecule has 0 unspecified atom stereocenters. The number of furan rings is 1. The molecule has 0 aliphatic heterocycles. The number of hydrogen-bond donors (Lipinski definition) is 0. The molecule has 2 rings (SSSR count). The third-order valence-electron chi connectivity index (χ3n) is 2.66. The lowest BCUT2D eigenvalue weighted by molar-refractivity contribution is 0.110. The maximum Gasteiger partial charge on any atom is 0.196 e. The van der Waals surface area contributed by atoms with E-state index in [4.69, 9.17) is 9.15 Å². The predicted octanol–water partition coefficient (Wildman–Crippen LogP) is 2.74. The van der Waals surface area contributed by atoms with Crippen LogP contribution in [0.15, 0.2) is 40.8 Å². The summed E-state index contributed by atoms with van der Waals surface area (Å²) in [5.41, 5.74) is 1.11. The molecule has 0 N–H and O–H groups in total. The van der Waals surface area contributed by atoms with Gasteiger partial charge in [0.25, 0.3) is 0 Å². The summed E-state index contributed by atoms with van der Waals surface area (Å²) in [4.78, 5) is 12.5. The van der Waals surface area contributed by atoms with Gasteiger partial charge in [-0.3, -0.25) is 4.79 Å². The van der Waals surface area contributed by atoms with E-state index in [-0.39, 0.29) is 0 Å². The normalized spacial score (nSPS) is 10.1. The van der Waals surface area contributed by atoms with Crippen LogP contribution in [0.3, 0.4) is 0 Å². The molecule has 0 fully saturated rings. The molecule has 2 aromatic rings. The minimum atomic E-state index is 0.336. The Hall–Kier alpha value is -2.23. The summed E-state index contributed by atoms with van der Waals surface area (Å²) >= 11 is 0. The van der Waals surface area contributed by atoms with Crippen molar-refractivity contribution in [2.75, 3.05) is 19.1 Å². The van der Waals surface area contributed by atoms with Gasteiger partial charge in [0.1, 0.15) is 5.75 Å². The maximum absolute atomic E-state index is 10.6. The number of hydrogen-bond acceptors (Lipinski definition) is 4. The van der Waals surface area contributed by atoms with E-state index in [0.717, 1.165) is 11.3 Å². The van der Waals surface area contributed by atoms with Gasteiger partial charge in [-0.15, -0.1) is 0 Å². The first-order chi connectivity index (χ1) is 8.72. The zero-order chi connectivity index (χ0) is 13.0. The molecule has 0 bridgehead atoms. The highest BCUT2D eigenvalue weighted by molar-refractivity contribution is 5.71. The van der Waals surface area contributed by atoms with E-state index in [0.29, 0.717) is 24.5 Å². The van der Waals surface area contributed by atoms with Crippen molar-refractivity contribution < 1.29 is 13.9 Å². The van der Waals surface area contributed by atoms with Crippen molar-refractivity contribution >= 4 is 12.2 Å². The summed E-state index contributed by atoms with van der Waals surface area (Å²) in [5.74, 6) is 1.83. The lowest BCUT2D eigenvalue weighted by Crippen LogP contribution is -2.15. The SMILES string of the molecule is COc1cccc(CN(C)c2ccc(C=O)o2)c1. The molecule has 1 heterocycles. The molecule has 0 spiro atoms. The van der Waals surface area contributed by atoms with Gasteiger partial charge < -0.3 is 14.1 Å². The van der Waals surface area contributed by atoms with Gasteiger partial charge in [0.15, 0.2) is 17.9 Å². The first kappa shape index (κ1) is 12.2. The van der Waals surface area contributed by atoms with Gasteiger partial charge >= 0.3 is 0 Å². The molecule has 0 aliphatic rings. The fraction of sp³-hybridized carbons (Fsp3) is 0.214. The second-order valence-electron chi connectivity index (χ2n) is 4.00. The van der Waals surface area contributed by atoms with Crippen LogP contribution in [0.4, 0.5) is 5.88 Å². The first-order valence-electron chi connectivity index (χ1n) is 5.62. The largest absolute Gasteiger partial charge is 0.497 e. The Bertz CT molecular complexity index is 533. The number of nitrogens with zero attached hydrogens (tertiary/aromatic N) is 1. The van der Waals surface area contributed by atoms with Crippen molar-refractivity contribution in [1.29, 1.82) is 0 Å². The summed E-state index contributed by atoms with van der Waals surface area (Å²) in [6.45, 7) is 0.684. The topological polar surface area (TPSA) is 42.7 Å². The molecule has 1 aromatic carbocycles. The average Bonchev–Trinajstić information content (AvgIpc) is 2.88. The minimum absolute atomic E-state index is 0.336. The molecule has 4 nitrogen and oxygen atoms in total. The van der Waals surface area contributed by atoms with E-state index >= 15 is 0 Å². The summed E-state index contributed by atoms with van der Waals surface area (Å²) in [7, 11) is 3.55. The molecule has 0 amide bonds. The Labute approximate surface area is 106 Å². The lowest BCUT2D eigenvalue weighted by atomic mass is 10.2. The standard InChI is InChI=1S/C14H15NO3/c1-15(14-7-6-13(10-16)18-14)9-11-4-3-5-12(8-11)17-2/h3-8,10H,9H2,1-2H3. The third kappa shape index (κ3) is 2.71. The van der Waals surface area contributed by atoms with Crippen molar-refractivity contribution in [1.82, 2.24) is 0 Å². The number of anilines is 1.